The molecule has 34 heavy (non-hydrogen) atoms. The summed E-state index contributed by atoms with van der Waals surface area (Å²) in [7, 11) is 2.79. The minimum absolute atomic E-state index is 0.0761. The van der Waals surface area contributed by atoms with Crippen molar-refractivity contribution in [2.75, 3.05) is 14.2 Å². The van der Waals surface area contributed by atoms with Gasteiger partial charge in [-0.15, -0.1) is 0 Å². The van der Waals surface area contributed by atoms with Crippen LogP contribution < -0.4 is 25.6 Å². The summed E-state index contributed by atoms with van der Waals surface area (Å²) in [5.41, 5.74) is 7.10. The van der Waals surface area contributed by atoms with Gasteiger partial charge in [-0.2, -0.15) is 0 Å². The fourth-order valence-electron chi connectivity index (χ4n) is 3.48. The van der Waals surface area contributed by atoms with Crippen molar-refractivity contribution in [1.82, 2.24) is 19.5 Å². The third-order valence-electron chi connectivity index (χ3n) is 5.03. The molecule has 4 rings (SSSR count). The number of hydrogen-bond acceptors (Lipinski definition) is 8. The monoisotopic (exact) mass is 463 g/mol. The standard InChI is InChI=1S/C23H21N5O6/c1-11-5-7-14(8-6-11)28-22-18(26-23(28)31)17(20(24)30)25-21(27-22)13-9-15(32-3)19(34-12(2)29)16(10-13)33-4/h5-10H,1-4H3,(H2,24,30)(H,26,31). The predicted octanol–water partition coefficient (Wildman–Crippen LogP) is 2.13. The Labute approximate surface area is 193 Å². The smallest absolute Gasteiger partial charge is 0.332 e. The topological polar surface area (TPSA) is 151 Å². The highest BCUT2D eigenvalue weighted by Crippen LogP contribution is 2.41. The van der Waals surface area contributed by atoms with Gasteiger partial charge >= 0.3 is 11.7 Å². The summed E-state index contributed by atoms with van der Waals surface area (Å²) >= 11 is 0. The first-order chi connectivity index (χ1) is 16.2. The van der Waals surface area contributed by atoms with Crippen LogP contribution in [-0.2, 0) is 4.79 Å². The Bertz CT molecular complexity index is 1460. The van der Waals surface area contributed by atoms with E-state index in [0.29, 0.717) is 11.3 Å². The molecule has 0 saturated heterocycles. The number of carbonyl (C=O) groups excluding carboxylic acids is 2. The Morgan fingerprint density at radius 2 is 1.65 bits per heavy atom. The lowest BCUT2D eigenvalue weighted by Gasteiger charge is -2.14. The first-order valence-electron chi connectivity index (χ1n) is 10.1. The van der Waals surface area contributed by atoms with Crippen molar-refractivity contribution in [2.24, 2.45) is 5.73 Å². The van der Waals surface area contributed by atoms with Crippen molar-refractivity contribution in [3.8, 4) is 34.3 Å². The van der Waals surface area contributed by atoms with Crippen molar-refractivity contribution in [2.45, 2.75) is 13.8 Å². The lowest BCUT2D eigenvalue weighted by molar-refractivity contribution is -0.132. The van der Waals surface area contributed by atoms with Gasteiger partial charge in [0.15, 0.2) is 28.7 Å². The summed E-state index contributed by atoms with van der Waals surface area (Å²) in [6.45, 7) is 3.17. The van der Waals surface area contributed by atoms with Crippen molar-refractivity contribution >= 4 is 23.0 Å². The van der Waals surface area contributed by atoms with Gasteiger partial charge in [-0.25, -0.2) is 19.3 Å². The van der Waals surface area contributed by atoms with Gasteiger partial charge in [-0.05, 0) is 31.2 Å². The number of H-pyrrole nitrogens is 1. The third kappa shape index (κ3) is 3.94. The lowest BCUT2D eigenvalue weighted by Crippen LogP contribution is -2.15. The number of aryl methyl sites for hydroxylation is 1. The second-order valence-corrected chi connectivity index (χ2v) is 7.36. The number of amides is 1. The fourth-order valence-corrected chi connectivity index (χ4v) is 3.48. The van der Waals surface area contributed by atoms with E-state index in [2.05, 4.69) is 15.0 Å². The number of primary amides is 1. The molecule has 0 fully saturated rings. The quantitative estimate of drug-likeness (QED) is 0.326. The summed E-state index contributed by atoms with van der Waals surface area (Å²) < 4.78 is 17.3. The Morgan fingerprint density at radius 3 is 2.18 bits per heavy atom. The van der Waals surface area contributed by atoms with E-state index >= 15 is 0 Å². The van der Waals surface area contributed by atoms with Crippen LogP contribution in [0.3, 0.4) is 0 Å². The van der Waals surface area contributed by atoms with Crippen LogP contribution in [0, 0.1) is 6.92 Å². The molecule has 11 nitrogen and oxygen atoms in total. The zero-order valence-electron chi connectivity index (χ0n) is 18.8. The fraction of sp³-hybridized carbons (Fsp3) is 0.174. The Hall–Kier alpha value is -4.67. The van der Waals surface area contributed by atoms with Crippen molar-refractivity contribution < 1.29 is 23.8 Å². The van der Waals surface area contributed by atoms with Gasteiger partial charge < -0.3 is 24.9 Å². The van der Waals surface area contributed by atoms with Crippen LogP contribution in [0.4, 0.5) is 0 Å². The summed E-state index contributed by atoms with van der Waals surface area (Å²) in [6.07, 6.45) is 0. The number of hydrogen-bond donors (Lipinski definition) is 2. The van der Waals surface area contributed by atoms with E-state index in [4.69, 9.17) is 19.9 Å². The summed E-state index contributed by atoms with van der Waals surface area (Å²) in [4.78, 5) is 48.0. The normalized spacial score (nSPS) is 10.8. The van der Waals surface area contributed by atoms with Crippen LogP contribution in [0.2, 0.25) is 0 Å². The van der Waals surface area contributed by atoms with E-state index in [9.17, 15) is 14.4 Å². The predicted molar refractivity (Wildman–Crippen MR) is 123 cm³/mol. The molecule has 3 N–H and O–H groups in total. The molecule has 0 unspecified atom stereocenters. The van der Waals surface area contributed by atoms with E-state index in [-0.39, 0.29) is 39.9 Å². The molecule has 0 radical (unpaired) electrons. The van der Waals surface area contributed by atoms with Gasteiger partial charge in [0.05, 0.1) is 19.9 Å². The molecule has 1 amide bonds. The van der Waals surface area contributed by atoms with E-state index < -0.39 is 17.6 Å². The highest BCUT2D eigenvalue weighted by molar-refractivity contribution is 6.02. The number of nitrogens with zero attached hydrogens (tertiary/aromatic N) is 3. The van der Waals surface area contributed by atoms with Gasteiger partial charge in [-0.3, -0.25) is 9.59 Å². The molecule has 2 heterocycles. The van der Waals surface area contributed by atoms with Crippen LogP contribution in [0.15, 0.2) is 41.2 Å². The molecule has 0 aliphatic rings. The first kappa shape index (κ1) is 22.5. The second-order valence-electron chi connectivity index (χ2n) is 7.36. The summed E-state index contributed by atoms with van der Waals surface area (Å²) in [5.74, 6) is -0.894. The Balaban J connectivity index is 2.01. The third-order valence-corrected chi connectivity index (χ3v) is 5.03. The van der Waals surface area contributed by atoms with Crippen molar-refractivity contribution in [3.05, 3.63) is 58.1 Å². The van der Waals surface area contributed by atoms with E-state index in [1.165, 1.54) is 37.8 Å². The Morgan fingerprint density at radius 1 is 1.03 bits per heavy atom. The zero-order valence-corrected chi connectivity index (χ0v) is 18.8. The highest BCUT2D eigenvalue weighted by atomic mass is 16.6. The molecular formula is C23H21N5O6. The highest BCUT2D eigenvalue weighted by Gasteiger charge is 2.23. The number of nitrogens with two attached hydrogens (primary N) is 1. The van der Waals surface area contributed by atoms with Crippen LogP contribution in [0.5, 0.6) is 17.2 Å². The minimum atomic E-state index is -0.846. The minimum Gasteiger partial charge on any atom is -0.493 e. The number of imidazole rings is 1. The molecule has 174 valence electrons. The second kappa shape index (κ2) is 8.70. The van der Waals surface area contributed by atoms with E-state index in [1.54, 1.807) is 12.1 Å². The maximum atomic E-state index is 12.8. The van der Waals surface area contributed by atoms with E-state index in [0.717, 1.165) is 5.56 Å². The maximum absolute atomic E-state index is 12.8. The molecule has 0 aliphatic heterocycles. The summed E-state index contributed by atoms with van der Waals surface area (Å²) in [5, 5.41) is 0. The van der Waals surface area contributed by atoms with Crippen LogP contribution in [-0.4, -0.2) is 45.6 Å². The summed E-state index contributed by atoms with van der Waals surface area (Å²) in [6, 6.07) is 10.3. The van der Waals surface area contributed by atoms with E-state index in [1.807, 2.05) is 19.1 Å². The molecule has 0 atom stereocenters. The number of fused-ring (bicyclic) bond motifs is 1. The Kier molecular flexibility index (Phi) is 5.76. The molecular weight excluding hydrogens is 442 g/mol. The average Bonchev–Trinajstić information content (AvgIpc) is 3.14. The zero-order chi connectivity index (χ0) is 24.6. The number of aromatic amines is 1. The van der Waals surface area contributed by atoms with Gasteiger partial charge in [0.2, 0.25) is 5.75 Å². The molecule has 0 aliphatic carbocycles. The van der Waals surface area contributed by atoms with Crippen molar-refractivity contribution in [3.63, 3.8) is 0 Å². The SMILES string of the molecule is COc1cc(-c2nc(C(N)=O)c3[nH]c(=O)n(-c4ccc(C)cc4)c3n2)cc(OC)c1OC(C)=O. The molecule has 11 heteroatoms. The lowest BCUT2D eigenvalue weighted by atomic mass is 10.1. The average molecular weight is 463 g/mol. The number of rotatable bonds is 6. The van der Waals surface area contributed by atoms with Gasteiger partial charge in [0.1, 0.15) is 5.52 Å². The maximum Gasteiger partial charge on any atom is 0.332 e. The number of esters is 1. The number of methoxy groups -OCH3 is 2. The van der Waals surface area contributed by atoms with Crippen molar-refractivity contribution in [1.29, 1.82) is 0 Å². The number of ether oxygens (including phenoxy) is 3. The largest absolute Gasteiger partial charge is 0.493 e. The molecule has 0 spiro atoms. The number of benzene rings is 2. The number of carbonyl (C=O) groups is 2. The first-order valence-corrected chi connectivity index (χ1v) is 10.1. The van der Waals surface area contributed by atoms with Gasteiger partial charge in [0, 0.05) is 12.5 Å². The molecule has 0 bridgehead atoms. The van der Waals surface area contributed by atoms with Crippen LogP contribution >= 0.6 is 0 Å². The molecule has 0 saturated carbocycles. The van der Waals surface area contributed by atoms with Crippen LogP contribution in [0.25, 0.3) is 28.2 Å². The van der Waals surface area contributed by atoms with Gasteiger partial charge in [-0.1, -0.05) is 17.7 Å². The number of aromatic nitrogens is 4. The molecule has 2 aromatic heterocycles. The molecule has 2 aromatic carbocycles. The molecule has 4 aromatic rings. The number of nitrogens with one attached hydrogen (secondary N) is 1. The van der Waals surface area contributed by atoms with Gasteiger partial charge in [0.25, 0.3) is 5.91 Å². The van der Waals surface area contributed by atoms with Crippen LogP contribution in [0.1, 0.15) is 23.0 Å².